The molecule has 1 unspecified atom stereocenters. The number of unbranched alkanes of at least 4 members (excludes halogenated alkanes) is 1. The number of nitrogens with zero attached hydrogens (tertiary/aromatic N) is 2. The van der Waals surface area contributed by atoms with E-state index < -0.39 is 0 Å². The minimum atomic E-state index is -0.115. The molecule has 0 aliphatic carbocycles. The number of carbonyl (C=O) groups is 1. The molecular formula is C24H29BrN4O3S. The third kappa shape index (κ3) is 6.03. The Morgan fingerprint density at radius 3 is 2.91 bits per heavy atom. The molecule has 2 aromatic heterocycles. The number of carbonyl (C=O) groups excluding carboxylic acids is 1. The Morgan fingerprint density at radius 1 is 1.33 bits per heavy atom. The summed E-state index contributed by atoms with van der Waals surface area (Å²) >= 11 is 4.92. The second-order valence-corrected chi connectivity index (χ2v) is 9.97. The molecule has 1 amide bonds. The van der Waals surface area contributed by atoms with Crippen LogP contribution in [0.5, 0.6) is 5.75 Å². The summed E-state index contributed by atoms with van der Waals surface area (Å²) in [7, 11) is 1.78. The van der Waals surface area contributed by atoms with E-state index in [-0.39, 0.29) is 5.91 Å². The van der Waals surface area contributed by atoms with Gasteiger partial charge in [0, 0.05) is 48.4 Å². The van der Waals surface area contributed by atoms with Gasteiger partial charge in [0.2, 0.25) is 0 Å². The SMILES string of the molecule is COC1CCN(CCCCNC(=O)c2cnc(N)c3c(COc4ccc(Br)cc4)csc23)C1. The number of fused-ring (bicyclic) bond motifs is 1. The summed E-state index contributed by atoms with van der Waals surface area (Å²) in [5.41, 5.74) is 7.65. The summed E-state index contributed by atoms with van der Waals surface area (Å²) in [6, 6.07) is 7.67. The van der Waals surface area contributed by atoms with Gasteiger partial charge in [-0.15, -0.1) is 11.3 Å². The smallest absolute Gasteiger partial charge is 0.254 e. The second kappa shape index (κ2) is 11.3. The second-order valence-electron chi connectivity index (χ2n) is 8.17. The molecule has 1 fully saturated rings. The molecule has 0 radical (unpaired) electrons. The molecule has 3 N–H and O–H groups in total. The van der Waals surface area contributed by atoms with Crippen molar-refractivity contribution in [2.45, 2.75) is 32.0 Å². The number of halogens is 1. The van der Waals surface area contributed by atoms with Crippen LogP contribution in [-0.4, -0.2) is 55.2 Å². The van der Waals surface area contributed by atoms with Crippen LogP contribution in [-0.2, 0) is 11.3 Å². The lowest BCUT2D eigenvalue weighted by Crippen LogP contribution is -2.27. The maximum atomic E-state index is 12.8. The highest BCUT2D eigenvalue weighted by atomic mass is 79.9. The molecule has 1 saturated heterocycles. The first-order chi connectivity index (χ1) is 16.0. The number of anilines is 1. The van der Waals surface area contributed by atoms with E-state index in [4.69, 9.17) is 15.2 Å². The Kier molecular flexibility index (Phi) is 8.19. The molecule has 1 aliphatic rings. The lowest BCUT2D eigenvalue weighted by atomic mass is 10.1. The van der Waals surface area contributed by atoms with E-state index in [9.17, 15) is 4.79 Å². The third-order valence-corrected chi connectivity index (χ3v) is 7.49. The van der Waals surface area contributed by atoms with Gasteiger partial charge in [-0.05, 0) is 55.5 Å². The number of amides is 1. The number of nitrogen functional groups attached to an aromatic ring is 1. The summed E-state index contributed by atoms with van der Waals surface area (Å²) in [5.74, 6) is 1.07. The Balaban J connectivity index is 1.32. The van der Waals surface area contributed by atoms with Gasteiger partial charge in [-0.3, -0.25) is 4.79 Å². The number of hydrogen-bond donors (Lipinski definition) is 2. The number of nitrogens with one attached hydrogen (secondary N) is 1. The number of ether oxygens (including phenoxy) is 2. The van der Waals surface area contributed by atoms with E-state index in [0.717, 1.165) is 64.8 Å². The van der Waals surface area contributed by atoms with E-state index in [0.29, 0.717) is 30.6 Å². The van der Waals surface area contributed by atoms with Crippen LogP contribution in [0, 0.1) is 0 Å². The van der Waals surface area contributed by atoms with Gasteiger partial charge in [-0.25, -0.2) is 4.98 Å². The fourth-order valence-electron chi connectivity index (χ4n) is 4.04. The largest absolute Gasteiger partial charge is 0.489 e. The normalized spacial score (nSPS) is 16.4. The monoisotopic (exact) mass is 532 g/mol. The van der Waals surface area contributed by atoms with E-state index in [1.54, 1.807) is 13.3 Å². The molecule has 1 aliphatic heterocycles. The molecule has 9 heteroatoms. The maximum absolute atomic E-state index is 12.8. The first-order valence-corrected chi connectivity index (χ1v) is 12.8. The highest BCUT2D eigenvalue weighted by molar-refractivity contribution is 9.10. The highest BCUT2D eigenvalue weighted by Crippen LogP contribution is 2.33. The van der Waals surface area contributed by atoms with E-state index >= 15 is 0 Å². The lowest BCUT2D eigenvalue weighted by Gasteiger charge is -2.15. The van der Waals surface area contributed by atoms with Crippen LogP contribution in [0.25, 0.3) is 10.1 Å². The van der Waals surface area contributed by atoms with Crippen LogP contribution < -0.4 is 15.8 Å². The minimum Gasteiger partial charge on any atom is -0.489 e. The fourth-order valence-corrected chi connectivity index (χ4v) is 5.38. The van der Waals surface area contributed by atoms with Crippen LogP contribution >= 0.6 is 27.3 Å². The van der Waals surface area contributed by atoms with Crippen molar-refractivity contribution in [2.75, 3.05) is 39.0 Å². The average Bonchev–Trinajstić information content (AvgIpc) is 3.46. The quantitative estimate of drug-likeness (QED) is 0.375. The van der Waals surface area contributed by atoms with Crippen LogP contribution in [0.4, 0.5) is 5.82 Å². The predicted octanol–water partition coefficient (Wildman–Crippen LogP) is 4.45. The topological polar surface area (TPSA) is 89.7 Å². The van der Waals surface area contributed by atoms with Gasteiger partial charge >= 0.3 is 0 Å². The first-order valence-electron chi connectivity index (χ1n) is 11.1. The minimum absolute atomic E-state index is 0.115. The van der Waals surface area contributed by atoms with E-state index in [1.165, 1.54) is 11.3 Å². The number of aromatic nitrogens is 1. The van der Waals surface area contributed by atoms with Crippen molar-refractivity contribution in [3.05, 3.63) is 51.4 Å². The summed E-state index contributed by atoms with van der Waals surface area (Å²) in [6.07, 6.45) is 5.01. The van der Waals surface area contributed by atoms with Crippen LogP contribution in [0.15, 0.2) is 40.3 Å². The number of nitrogens with two attached hydrogens (primary N) is 1. The van der Waals surface area contributed by atoms with Gasteiger partial charge in [0.1, 0.15) is 18.2 Å². The van der Waals surface area contributed by atoms with Gasteiger partial charge in [0.05, 0.1) is 16.4 Å². The zero-order valence-corrected chi connectivity index (χ0v) is 21.1. The zero-order valence-electron chi connectivity index (χ0n) is 18.7. The number of rotatable bonds is 10. The van der Waals surface area contributed by atoms with Crippen LogP contribution in [0.1, 0.15) is 35.2 Å². The maximum Gasteiger partial charge on any atom is 0.254 e. The van der Waals surface area contributed by atoms with Crippen molar-refractivity contribution in [1.82, 2.24) is 15.2 Å². The summed E-state index contributed by atoms with van der Waals surface area (Å²) in [6.45, 7) is 4.13. The summed E-state index contributed by atoms with van der Waals surface area (Å²) in [4.78, 5) is 19.6. The van der Waals surface area contributed by atoms with Gasteiger partial charge < -0.3 is 25.4 Å². The van der Waals surface area contributed by atoms with Crippen LogP contribution in [0.2, 0.25) is 0 Å². The number of thiophene rings is 1. The van der Waals surface area contributed by atoms with E-state index in [2.05, 4.69) is 31.1 Å². The fraction of sp³-hybridized carbons (Fsp3) is 0.417. The number of benzene rings is 1. The molecule has 1 atom stereocenters. The number of likely N-dealkylation sites (tertiary alicyclic amines) is 1. The molecule has 7 nitrogen and oxygen atoms in total. The third-order valence-electron chi connectivity index (χ3n) is 5.90. The first kappa shape index (κ1) is 23.9. The van der Waals surface area contributed by atoms with Crippen molar-refractivity contribution < 1.29 is 14.3 Å². The van der Waals surface area contributed by atoms with Crippen molar-refractivity contribution in [2.24, 2.45) is 0 Å². The molecule has 4 rings (SSSR count). The van der Waals surface area contributed by atoms with Crippen molar-refractivity contribution >= 4 is 49.1 Å². The van der Waals surface area contributed by atoms with Crippen molar-refractivity contribution in [3.63, 3.8) is 0 Å². The van der Waals surface area contributed by atoms with Gasteiger partial charge in [-0.2, -0.15) is 0 Å². The molecule has 3 aromatic rings. The molecule has 176 valence electrons. The standard InChI is InChI=1S/C24H29BrN4O3S/c1-31-19-8-11-29(13-19)10-3-2-9-27-24(30)20-12-28-23(26)21-16(15-33-22(20)21)14-32-18-6-4-17(25)5-7-18/h4-7,12,15,19H,2-3,8-11,13-14H2,1H3,(H2,26,28)(H,27,30). The summed E-state index contributed by atoms with van der Waals surface area (Å²) < 4.78 is 13.2. The average molecular weight is 533 g/mol. The molecular weight excluding hydrogens is 504 g/mol. The number of hydrogen-bond acceptors (Lipinski definition) is 7. The lowest BCUT2D eigenvalue weighted by molar-refractivity contribution is 0.0954. The Labute approximate surface area is 206 Å². The molecule has 0 saturated carbocycles. The predicted molar refractivity (Wildman–Crippen MR) is 136 cm³/mol. The molecule has 0 spiro atoms. The van der Waals surface area contributed by atoms with Gasteiger partial charge in [0.15, 0.2) is 0 Å². The van der Waals surface area contributed by atoms with Gasteiger partial charge in [0.25, 0.3) is 5.91 Å². The zero-order chi connectivity index (χ0) is 23.2. The number of methoxy groups -OCH3 is 1. The molecule has 33 heavy (non-hydrogen) atoms. The molecule has 3 heterocycles. The number of pyridine rings is 1. The Morgan fingerprint density at radius 2 is 2.15 bits per heavy atom. The van der Waals surface area contributed by atoms with Crippen LogP contribution in [0.3, 0.4) is 0 Å². The van der Waals surface area contributed by atoms with Gasteiger partial charge in [-0.1, -0.05) is 15.9 Å². The van der Waals surface area contributed by atoms with E-state index in [1.807, 2.05) is 29.6 Å². The van der Waals surface area contributed by atoms with Crippen molar-refractivity contribution in [3.8, 4) is 5.75 Å². The molecule has 1 aromatic carbocycles. The van der Waals surface area contributed by atoms with Crippen molar-refractivity contribution in [1.29, 1.82) is 0 Å². The molecule has 0 bridgehead atoms. The summed E-state index contributed by atoms with van der Waals surface area (Å²) in [5, 5.41) is 5.82. The Bertz CT molecular complexity index is 1090. The Hall–Kier alpha value is -2.20. The highest BCUT2D eigenvalue weighted by Gasteiger charge is 2.21.